The summed E-state index contributed by atoms with van der Waals surface area (Å²) in [5, 5.41) is 3.22. The van der Waals surface area contributed by atoms with Crippen molar-refractivity contribution in [3.05, 3.63) is 64.7 Å². The van der Waals surface area contributed by atoms with Crippen LogP contribution in [0.3, 0.4) is 0 Å². The first-order chi connectivity index (χ1) is 12.2. The van der Waals surface area contributed by atoms with Crippen molar-refractivity contribution in [1.82, 2.24) is 9.62 Å². The molecule has 26 heavy (non-hydrogen) atoms. The van der Waals surface area contributed by atoms with Crippen molar-refractivity contribution in [2.75, 3.05) is 13.6 Å². The Kier molecular flexibility index (Phi) is 6.52. The van der Waals surface area contributed by atoms with Gasteiger partial charge in [0, 0.05) is 24.2 Å². The molecule has 2 aromatic carbocycles. The molecule has 2 aromatic rings. The largest absolute Gasteiger partial charge is 0.351 e. The zero-order valence-corrected chi connectivity index (χ0v) is 16.0. The summed E-state index contributed by atoms with van der Waals surface area (Å²) in [5.41, 5.74) is 1.24. The van der Waals surface area contributed by atoms with Crippen LogP contribution in [0.5, 0.6) is 0 Å². The standard InChI is InChI=1S/C18H19ClN2O4S/c1-13(22)15-6-8-17(9-7-15)26(24,25)21(2)12-18(23)20-11-14-4-3-5-16(19)10-14/h3-10H,11-12H2,1-2H3,(H,20,23). The number of carbonyl (C=O) groups excluding carboxylic acids is 2. The number of nitrogens with zero attached hydrogens (tertiary/aromatic N) is 1. The van der Waals surface area contributed by atoms with Gasteiger partial charge in [-0.2, -0.15) is 4.31 Å². The van der Waals surface area contributed by atoms with Gasteiger partial charge in [-0.3, -0.25) is 9.59 Å². The molecular weight excluding hydrogens is 376 g/mol. The number of benzene rings is 2. The third-order valence-corrected chi connectivity index (χ3v) is 5.77. The highest BCUT2D eigenvalue weighted by Gasteiger charge is 2.23. The topological polar surface area (TPSA) is 83.6 Å². The Morgan fingerprint density at radius 3 is 2.35 bits per heavy atom. The molecule has 0 fully saturated rings. The predicted molar refractivity (Wildman–Crippen MR) is 99.6 cm³/mol. The summed E-state index contributed by atoms with van der Waals surface area (Å²) in [6.45, 7) is 1.33. The van der Waals surface area contributed by atoms with Crippen molar-refractivity contribution in [3.8, 4) is 0 Å². The number of rotatable bonds is 7. The smallest absolute Gasteiger partial charge is 0.243 e. The van der Waals surface area contributed by atoms with Crippen LogP contribution in [0.25, 0.3) is 0 Å². The molecule has 0 saturated carbocycles. The molecule has 138 valence electrons. The molecule has 2 rings (SSSR count). The average molecular weight is 395 g/mol. The third kappa shape index (κ3) is 5.14. The van der Waals surface area contributed by atoms with Gasteiger partial charge in [0.05, 0.1) is 11.4 Å². The van der Waals surface area contributed by atoms with Crippen molar-refractivity contribution >= 4 is 33.3 Å². The summed E-state index contributed by atoms with van der Waals surface area (Å²) >= 11 is 5.88. The molecule has 0 aliphatic rings. The van der Waals surface area contributed by atoms with Crippen LogP contribution < -0.4 is 5.32 Å². The van der Waals surface area contributed by atoms with Crippen molar-refractivity contribution in [1.29, 1.82) is 0 Å². The van der Waals surface area contributed by atoms with Gasteiger partial charge in [0.15, 0.2) is 5.78 Å². The third-order valence-electron chi connectivity index (χ3n) is 3.71. The molecule has 8 heteroatoms. The second-order valence-electron chi connectivity index (χ2n) is 5.75. The van der Waals surface area contributed by atoms with E-state index in [-0.39, 0.29) is 23.8 Å². The van der Waals surface area contributed by atoms with E-state index in [9.17, 15) is 18.0 Å². The van der Waals surface area contributed by atoms with E-state index in [1.807, 2.05) is 6.07 Å². The molecule has 0 aliphatic heterocycles. The first-order valence-corrected chi connectivity index (χ1v) is 9.60. The van der Waals surface area contributed by atoms with Gasteiger partial charge in [0.25, 0.3) is 0 Å². The van der Waals surface area contributed by atoms with Crippen LogP contribution in [0.1, 0.15) is 22.8 Å². The van der Waals surface area contributed by atoms with E-state index in [4.69, 9.17) is 11.6 Å². The molecule has 1 amide bonds. The lowest BCUT2D eigenvalue weighted by Gasteiger charge is -2.17. The second-order valence-corrected chi connectivity index (χ2v) is 8.23. The second kappa shape index (κ2) is 8.44. The molecule has 0 heterocycles. The number of sulfonamides is 1. The lowest BCUT2D eigenvalue weighted by molar-refractivity contribution is -0.121. The Hall–Kier alpha value is -2.22. The Balaban J connectivity index is 1.99. The highest BCUT2D eigenvalue weighted by atomic mass is 35.5. The number of halogens is 1. The van der Waals surface area contributed by atoms with E-state index < -0.39 is 15.9 Å². The van der Waals surface area contributed by atoms with Crippen LogP contribution in [0.15, 0.2) is 53.4 Å². The number of hydrogen-bond acceptors (Lipinski definition) is 4. The van der Waals surface area contributed by atoms with Gasteiger partial charge in [-0.25, -0.2) is 8.42 Å². The number of ketones is 1. The fourth-order valence-electron chi connectivity index (χ4n) is 2.23. The Morgan fingerprint density at radius 2 is 1.77 bits per heavy atom. The minimum Gasteiger partial charge on any atom is -0.351 e. The van der Waals surface area contributed by atoms with Crippen molar-refractivity contribution in [2.45, 2.75) is 18.4 Å². The van der Waals surface area contributed by atoms with Crippen LogP contribution in [-0.4, -0.2) is 38.0 Å². The number of Topliss-reactive ketones (excluding diaryl/α,β-unsaturated/α-hetero) is 1. The number of amides is 1. The Labute approximate surface area is 157 Å². The predicted octanol–water partition coefficient (Wildman–Crippen LogP) is 2.48. The van der Waals surface area contributed by atoms with Gasteiger partial charge >= 0.3 is 0 Å². The van der Waals surface area contributed by atoms with Crippen LogP contribution in [0, 0.1) is 0 Å². The summed E-state index contributed by atoms with van der Waals surface area (Å²) in [5.74, 6) is -0.584. The maximum Gasteiger partial charge on any atom is 0.243 e. The molecule has 0 spiro atoms. The van der Waals surface area contributed by atoms with Gasteiger partial charge in [-0.15, -0.1) is 0 Å². The lowest BCUT2D eigenvalue weighted by atomic mass is 10.2. The van der Waals surface area contributed by atoms with Crippen molar-refractivity contribution < 1.29 is 18.0 Å². The van der Waals surface area contributed by atoms with Gasteiger partial charge in [-0.1, -0.05) is 35.9 Å². The van der Waals surface area contributed by atoms with E-state index in [2.05, 4.69) is 5.32 Å². The maximum atomic E-state index is 12.5. The molecule has 0 bridgehead atoms. The number of hydrogen-bond donors (Lipinski definition) is 1. The summed E-state index contributed by atoms with van der Waals surface area (Å²) in [7, 11) is -2.50. The average Bonchev–Trinajstić information content (AvgIpc) is 2.60. The molecule has 0 atom stereocenters. The zero-order valence-electron chi connectivity index (χ0n) is 14.4. The maximum absolute atomic E-state index is 12.5. The fourth-order valence-corrected chi connectivity index (χ4v) is 3.57. The summed E-state index contributed by atoms with van der Waals surface area (Å²) in [4.78, 5) is 23.3. The monoisotopic (exact) mass is 394 g/mol. The van der Waals surface area contributed by atoms with Gasteiger partial charge < -0.3 is 5.32 Å². The van der Waals surface area contributed by atoms with Gasteiger partial charge in [0.2, 0.25) is 15.9 Å². The number of nitrogens with one attached hydrogen (secondary N) is 1. The van der Waals surface area contributed by atoms with Crippen LogP contribution in [0.2, 0.25) is 5.02 Å². The lowest BCUT2D eigenvalue weighted by Crippen LogP contribution is -2.38. The summed E-state index contributed by atoms with van der Waals surface area (Å²) < 4.78 is 26.0. The molecule has 6 nitrogen and oxygen atoms in total. The number of carbonyl (C=O) groups is 2. The van der Waals surface area contributed by atoms with Gasteiger partial charge in [0.1, 0.15) is 0 Å². The molecule has 0 radical (unpaired) electrons. The molecule has 1 N–H and O–H groups in total. The normalized spacial score (nSPS) is 11.4. The van der Waals surface area contributed by atoms with Crippen LogP contribution in [0.4, 0.5) is 0 Å². The van der Waals surface area contributed by atoms with Crippen molar-refractivity contribution in [3.63, 3.8) is 0 Å². The first-order valence-electron chi connectivity index (χ1n) is 7.78. The van der Waals surface area contributed by atoms with E-state index in [1.54, 1.807) is 18.2 Å². The SMILES string of the molecule is CC(=O)c1ccc(S(=O)(=O)N(C)CC(=O)NCc2cccc(Cl)c2)cc1. The van der Waals surface area contributed by atoms with Crippen molar-refractivity contribution in [2.24, 2.45) is 0 Å². The van der Waals surface area contributed by atoms with Crippen LogP contribution in [-0.2, 0) is 21.4 Å². The quantitative estimate of drug-likeness (QED) is 0.731. The molecular formula is C18H19ClN2O4S. The minimum atomic E-state index is -3.83. The molecule has 0 unspecified atom stereocenters. The molecule has 0 saturated heterocycles. The Morgan fingerprint density at radius 1 is 1.12 bits per heavy atom. The van der Waals surface area contributed by atoms with E-state index in [1.165, 1.54) is 38.2 Å². The minimum absolute atomic E-state index is 0.0210. The summed E-state index contributed by atoms with van der Waals surface area (Å²) in [6, 6.07) is 12.6. The fraction of sp³-hybridized carbons (Fsp3) is 0.222. The van der Waals surface area contributed by atoms with E-state index in [0.29, 0.717) is 10.6 Å². The molecule has 0 aromatic heterocycles. The first kappa shape index (κ1) is 20.1. The Bertz CT molecular complexity index is 911. The van der Waals surface area contributed by atoms with Crippen LogP contribution >= 0.6 is 11.6 Å². The zero-order chi connectivity index (χ0) is 19.3. The number of likely N-dealkylation sites (N-methyl/N-ethyl adjacent to an activating group) is 1. The summed E-state index contributed by atoms with van der Waals surface area (Å²) in [6.07, 6.45) is 0. The molecule has 0 aliphatic carbocycles. The van der Waals surface area contributed by atoms with Gasteiger partial charge in [-0.05, 0) is 36.8 Å². The van der Waals surface area contributed by atoms with E-state index >= 15 is 0 Å². The van der Waals surface area contributed by atoms with E-state index in [0.717, 1.165) is 9.87 Å². The highest BCUT2D eigenvalue weighted by molar-refractivity contribution is 7.89. The highest BCUT2D eigenvalue weighted by Crippen LogP contribution is 2.15.